The number of hydrogen-bond acceptors (Lipinski definition) is 4. The number of aryl methyl sites for hydroxylation is 1. The van der Waals surface area contributed by atoms with Crippen LogP contribution in [0.3, 0.4) is 0 Å². The SMILES string of the molecule is CC(N)C1CCCN(C(=O)c2cc(C3CC3)nc3c2c(=O)[nH]n3C)C1. The highest BCUT2D eigenvalue weighted by Gasteiger charge is 2.31. The second kappa shape index (κ2) is 5.98. The third-order valence-electron chi connectivity index (χ3n) is 5.55. The average Bonchev–Trinajstić information content (AvgIpc) is 3.41. The van der Waals surface area contributed by atoms with Crippen molar-refractivity contribution >= 4 is 16.9 Å². The molecule has 2 fully saturated rings. The molecule has 7 nitrogen and oxygen atoms in total. The van der Waals surface area contributed by atoms with Crippen LogP contribution in [0.15, 0.2) is 10.9 Å². The molecule has 134 valence electrons. The number of likely N-dealkylation sites (tertiary alicyclic amines) is 1. The van der Waals surface area contributed by atoms with Crippen molar-refractivity contribution in [3.63, 3.8) is 0 Å². The topological polar surface area (TPSA) is 97.0 Å². The van der Waals surface area contributed by atoms with Gasteiger partial charge in [0, 0.05) is 37.8 Å². The van der Waals surface area contributed by atoms with Gasteiger partial charge in [0.15, 0.2) is 5.65 Å². The second-order valence-electron chi connectivity index (χ2n) is 7.58. The van der Waals surface area contributed by atoms with Crippen molar-refractivity contribution < 1.29 is 4.79 Å². The molecule has 7 heteroatoms. The Morgan fingerprint density at radius 3 is 2.84 bits per heavy atom. The minimum atomic E-state index is -0.253. The largest absolute Gasteiger partial charge is 0.338 e. The quantitative estimate of drug-likeness (QED) is 0.879. The standard InChI is InChI=1S/C18H25N5O2/c1-10(19)12-4-3-7-23(9-12)18(25)13-8-14(11-5-6-11)20-16-15(13)17(24)21-22(16)2/h8,10-12H,3-7,9,19H2,1-2H3,(H,21,24). The number of amides is 1. The summed E-state index contributed by atoms with van der Waals surface area (Å²) in [6.45, 7) is 3.37. The summed E-state index contributed by atoms with van der Waals surface area (Å²) in [5.41, 5.74) is 7.77. The maximum absolute atomic E-state index is 13.2. The van der Waals surface area contributed by atoms with Crippen molar-refractivity contribution in [3.8, 4) is 0 Å². The van der Waals surface area contributed by atoms with Gasteiger partial charge in [-0.15, -0.1) is 0 Å². The zero-order chi connectivity index (χ0) is 17.7. The number of piperidine rings is 1. The summed E-state index contributed by atoms with van der Waals surface area (Å²) in [5.74, 6) is 0.655. The number of carbonyl (C=O) groups excluding carboxylic acids is 1. The molecule has 0 aromatic carbocycles. The van der Waals surface area contributed by atoms with Crippen LogP contribution in [0.2, 0.25) is 0 Å². The predicted octanol–water partition coefficient (Wildman–Crippen LogP) is 1.34. The maximum Gasteiger partial charge on any atom is 0.274 e. The average molecular weight is 343 g/mol. The van der Waals surface area contributed by atoms with Gasteiger partial charge >= 0.3 is 0 Å². The van der Waals surface area contributed by atoms with Crippen molar-refractivity contribution in [2.75, 3.05) is 13.1 Å². The Morgan fingerprint density at radius 2 is 2.16 bits per heavy atom. The fraction of sp³-hybridized carbons (Fsp3) is 0.611. The van der Waals surface area contributed by atoms with E-state index >= 15 is 0 Å². The summed E-state index contributed by atoms with van der Waals surface area (Å²) in [4.78, 5) is 32.1. The number of hydrogen-bond donors (Lipinski definition) is 2. The highest BCUT2D eigenvalue weighted by molar-refractivity contribution is 6.05. The zero-order valence-corrected chi connectivity index (χ0v) is 14.8. The molecule has 0 spiro atoms. The van der Waals surface area contributed by atoms with Gasteiger partial charge in [-0.25, -0.2) is 4.98 Å². The van der Waals surface area contributed by atoms with Crippen LogP contribution in [0.5, 0.6) is 0 Å². The fourth-order valence-corrected chi connectivity index (χ4v) is 3.83. The lowest BCUT2D eigenvalue weighted by Crippen LogP contribution is -2.45. The Balaban J connectivity index is 1.77. The van der Waals surface area contributed by atoms with Crippen LogP contribution in [0.4, 0.5) is 0 Å². The Hall–Kier alpha value is -2.15. The van der Waals surface area contributed by atoms with E-state index in [1.54, 1.807) is 11.7 Å². The van der Waals surface area contributed by atoms with Gasteiger partial charge in [0.25, 0.3) is 11.5 Å². The molecule has 1 amide bonds. The second-order valence-corrected chi connectivity index (χ2v) is 7.58. The summed E-state index contributed by atoms with van der Waals surface area (Å²) >= 11 is 0. The van der Waals surface area contributed by atoms with E-state index in [9.17, 15) is 9.59 Å². The molecule has 0 radical (unpaired) electrons. The van der Waals surface area contributed by atoms with Gasteiger partial charge in [0.05, 0.1) is 10.9 Å². The first-order valence-electron chi connectivity index (χ1n) is 9.10. The van der Waals surface area contributed by atoms with Crippen molar-refractivity contribution in [2.45, 2.75) is 44.6 Å². The number of rotatable bonds is 3. The predicted molar refractivity (Wildman–Crippen MR) is 95.6 cm³/mol. The van der Waals surface area contributed by atoms with Crippen molar-refractivity contribution in [1.82, 2.24) is 19.7 Å². The van der Waals surface area contributed by atoms with E-state index in [0.29, 0.717) is 35.0 Å². The molecule has 1 aliphatic carbocycles. The maximum atomic E-state index is 13.2. The monoisotopic (exact) mass is 343 g/mol. The summed E-state index contributed by atoms with van der Waals surface area (Å²) < 4.78 is 1.61. The van der Waals surface area contributed by atoms with E-state index in [1.165, 1.54) is 0 Å². The Bertz CT molecular complexity index is 877. The zero-order valence-electron chi connectivity index (χ0n) is 14.8. The minimum Gasteiger partial charge on any atom is -0.338 e. The Labute approximate surface area is 146 Å². The fourth-order valence-electron chi connectivity index (χ4n) is 3.83. The number of nitrogens with one attached hydrogen (secondary N) is 1. The summed E-state index contributed by atoms with van der Waals surface area (Å²) in [5, 5.41) is 3.14. The smallest absolute Gasteiger partial charge is 0.274 e. The highest BCUT2D eigenvalue weighted by Crippen LogP contribution is 2.40. The van der Waals surface area contributed by atoms with E-state index in [4.69, 9.17) is 5.73 Å². The number of pyridine rings is 1. The first-order chi connectivity index (χ1) is 12.0. The first-order valence-corrected chi connectivity index (χ1v) is 9.10. The molecule has 25 heavy (non-hydrogen) atoms. The van der Waals surface area contributed by atoms with Gasteiger partial charge in [0.2, 0.25) is 0 Å². The lowest BCUT2D eigenvalue weighted by atomic mass is 9.91. The number of H-pyrrole nitrogens is 1. The highest BCUT2D eigenvalue weighted by atomic mass is 16.2. The lowest BCUT2D eigenvalue weighted by molar-refractivity contribution is 0.0662. The van der Waals surface area contributed by atoms with Gasteiger partial charge in [-0.05, 0) is 44.6 Å². The van der Waals surface area contributed by atoms with Crippen LogP contribution < -0.4 is 11.3 Å². The molecule has 2 aliphatic rings. The van der Waals surface area contributed by atoms with E-state index in [-0.39, 0.29) is 17.5 Å². The van der Waals surface area contributed by atoms with Gasteiger partial charge in [0.1, 0.15) is 0 Å². The lowest BCUT2D eigenvalue weighted by Gasteiger charge is -2.34. The summed E-state index contributed by atoms with van der Waals surface area (Å²) in [7, 11) is 1.76. The van der Waals surface area contributed by atoms with Crippen LogP contribution in [0.25, 0.3) is 11.0 Å². The molecule has 1 aliphatic heterocycles. The molecule has 1 saturated carbocycles. The van der Waals surface area contributed by atoms with Gasteiger partial charge < -0.3 is 10.6 Å². The third kappa shape index (κ3) is 2.86. The number of aromatic nitrogens is 3. The minimum absolute atomic E-state index is 0.0650. The van der Waals surface area contributed by atoms with Crippen LogP contribution >= 0.6 is 0 Å². The Morgan fingerprint density at radius 1 is 1.40 bits per heavy atom. The normalized spacial score (nSPS) is 22.4. The van der Waals surface area contributed by atoms with Crippen molar-refractivity contribution in [1.29, 1.82) is 0 Å². The van der Waals surface area contributed by atoms with Crippen LogP contribution in [0, 0.1) is 5.92 Å². The van der Waals surface area contributed by atoms with Crippen LogP contribution in [-0.2, 0) is 7.05 Å². The number of fused-ring (bicyclic) bond motifs is 1. The third-order valence-corrected chi connectivity index (χ3v) is 5.55. The van der Waals surface area contributed by atoms with E-state index in [1.807, 2.05) is 17.9 Å². The van der Waals surface area contributed by atoms with E-state index in [0.717, 1.165) is 37.9 Å². The van der Waals surface area contributed by atoms with E-state index < -0.39 is 0 Å². The number of nitrogens with zero attached hydrogens (tertiary/aromatic N) is 3. The van der Waals surface area contributed by atoms with Crippen LogP contribution in [-0.4, -0.2) is 44.7 Å². The van der Waals surface area contributed by atoms with Gasteiger partial charge in [-0.2, -0.15) is 0 Å². The number of carbonyl (C=O) groups is 1. The molecule has 3 N–H and O–H groups in total. The van der Waals surface area contributed by atoms with Crippen molar-refractivity contribution in [2.24, 2.45) is 18.7 Å². The Kier molecular flexibility index (Phi) is 3.91. The molecular weight excluding hydrogens is 318 g/mol. The molecule has 4 rings (SSSR count). The number of aromatic amines is 1. The van der Waals surface area contributed by atoms with Crippen molar-refractivity contribution in [3.05, 3.63) is 27.7 Å². The van der Waals surface area contributed by atoms with Gasteiger partial charge in [-0.3, -0.25) is 19.4 Å². The summed E-state index contributed by atoms with van der Waals surface area (Å²) in [6, 6.07) is 1.91. The molecule has 2 aromatic rings. The molecule has 3 heterocycles. The molecule has 0 bridgehead atoms. The molecule has 2 aromatic heterocycles. The van der Waals surface area contributed by atoms with Gasteiger partial charge in [-0.1, -0.05) is 0 Å². The van der Waals surface area contributed by atoms with Crippen LogP contribution in [0.1, 0.15) is 54.6 Å². The number of nitrogens with two attached hydrogens (primary N) is 1. The summed E-state index contributed by atoms with van der Waals surface area (Å²) in [6.07, 6.45) is 4.20. The van der Waals surface area contributed by atoms with E-state index in [2.05, 4.69) is 10.1 Å². The molecule has 2 atom stereocenters. The molecule has 2 unspecified atom stereocenters. The molecule has 1 saturated heterocycles. The molecular formula is C18H25N5O2. The first kappa shape index (κ1) is 16.3.